The largest absolute Gasteiger partial charge is 0.382 e. The fraction of sp³-hybridized carbons (Fsp3) is 0.500. The van der Waals surface area contributed by atoms with Gasteiger partial charge >= 0.3 is 0 Å². The smallest absolute Gasteiger partial charge is 0.106 e. The van der Waals surface area contributed by atoms with Gasteiger partial charge in [0.15, 0.2) is 0 Å². The standard InChI is InChI=1S/C14H20N4O/c1-10-17-13-7-11(3-4-14(13)18(10)2)16-9-12-8-15-5-6-19-12/h3-4,7,12,15-16H,5-6,8-9H2,1-2H3. The first-order chi connectivity index (χ1) is 9.24. The molecular formula is C14H20N4O. The zero-order valence-electron chi connectivity index (χ0n) is 11.4. The molecule has 0 saturated carbocycles. The first-order valence-corrected chi connectivity index (χ1v) is 6.73. The Morgan fingerprint density at radius 2 is 2.42 bits per heavy atom. The van der Waals surface area contributed by atoms with E-state index in [1.54, 1.807) is 0 Å². The zero-order valence-corrected chi connectivity index (χ0v) is 11.4. The summed E-state index contributed by atoms with van der Waals surface area (Å²) < 4.78 is 7.77. The highest BCUT2D eigenvalue weighted by atomic mass is 16.5. The van der Waals surface area contributed by atoms with E-state index >= 15 is 0 Å². The number of ether oxygens (including phenoxy) is 1. The van der Waals surface area contributed by atoms with Crippen LogP contribution in [-0.4, -0.2) is 41.9 Å². The second kappa shape index (κ2) is 5.19. The Hall–Kier alpha value is -1.59. The molecule has 1 atom stereocenters. The van der Waals surface area contributed by atoms with Crippen molar-refractivity contribution in [2.75, 3.05) is 31.6 Å². The van der Waals surface area contributed by atoms with Crippen LogP contribution >= 0.6 is 0 Å². The number of nitrogens with one attached hydrogen (secondary N) is 2. The van der Waals surface area contributed by atoms with Crippen LogP contribution in [0.25, 0.3) is 11.0 Å². The maximum absolute atomic E-state index is 5.67. The highest BCUT2D eigenvalue weighted by Crippen LogP contribution is 2.19. The van der Waals surface area contributed by atoms with Crippen molar-refractivity contribution >= 4 is 16.7 Å². The lowest BCUT2D eigenvalue weighted by Gasteiger charge is -2.24. The Morgan fingerprint density at radius 1 is 1.53 bits per heavy atom. The second-order valence-corrected chi connectivity index (χ2v) is 5.00. The number of fused-ring (bicyclic) bond motifs is 1. The molecule has 1 unspecified atom stereocenters. The van der Waals surface area contributed by atoms with E-state index in [4.69, 9.17) is 4.74 Å². The molecular weight excluding hydrogens is 240 g/mol. The van der Waals surface area contributed by atoms with Gasteiger partial charge < -0.3 is 19.9 Å². The molecule has 2 aromatic rings. The van der Waals surface area contributed by atoms with Crippen LogP contribution in [0, 0.1) is 6.92 Å². The van der Waals surface area contributed by atoms with Crippen molar-refractivity contribution in [3.63, 3.8) is 0 Å². The number of aromatic nitrogens is 2. The van der Waals surface area contributed by atoms with Crippen LogP contribution in [0.4, 0.5) is 5.69 Å². The van der Waals surface area contributed by atoms with Crippen molar-refractivity contribution in [2.24, 2.45) is 7.05 Å². The SMILES string of the molecule is Cc1nc2cc(NCC3CNCCO3)ccc2n1C. The third-order valence-corrected chi connectivity index (χ3v) is 3.64. The summed E-state index contributed by atoms with van der Waals surface area (Å²) in [4.78, 5) is 4.55. The molecule has 1 fully saturated rings. The van der Waals surface area contributed by atoms with Gasteiger partial charge in [-0.05, 0) is 25.1 Å². The number of anilines is 1. The summed E-state index contributed by atoms with van der Waals surface area (Å²) in [5.74, 6) is 1.03. The van der Waals surface area contributed by atoms with Crippen molar-refractivity contribution in [3.05, 3.63) is 24.0 Å². The second-order valence-electron chi connectivity index (χ2n) is 5.00. The Morgan fingerprint density at radius 3 is 3.21 bits per heavy atom. The molecule has 0 spiro atoms. The van der Waals surface area contributed by atoms with Crippen molar-refractivity contribution < 1.29 is 4.74 Å². The van der Waals surface area contributed by atoms with Gasteiger partial charge in [-0.15, -0.1) is 0 Å². The average Bonchev–Trinajstić information content (AvgIpc) is 2.73. The number of benzene rings is 1. The monoisotopic (exact) mass is 260 g/mol. The van der Waals surface area contributed by atoms with Gasteiger partial charge in [0.05, 0.1) is 23.7 Å². The molecule has 1 aromatic carbocycles. The molecule has 1 aliphatic heterocycles. The summed E-state index contributed by atoms with van der Waals surface area (Å²) in [7, 11) is 2.04. The van der Waals surface area contributed by atoms with Crippen LogP contribution in [0.3, 0.4) is 0 Å². The molecule has 5 heteroatoms. The van der Waals surface area contributed by atoms with Crippen molar-refractivity contribution in [3.8, 4) is 0 Å². The molecule has 102 valence electrons. The van der Waals surface area contributed by atoms with E-state index in [0.717, 1.165) is 43.3 Å². The van der Waals surface area contributed by atoms with Crippen molar-refractivity contribution in [2.45, 2.75) is 13.0 Å². The minimum absolute atomic E-state index is 0.245. The number of hydrogen-bond acceptors (Lipinski definition) is 4. The van der Waals surface area contributed by atoms with Crippen molar-refractivity contribution in [1.29, 1.82) is 0 Å². The Balaban J connectivity index is 1.70. The van der Waals surface area contributed by atoms with Crippen LogP contribution in [-0.2, 0) is 11.8 Å². The summed E-state index contributed by atoms with van der Waals surface area (Å²) in [6.07, 6.45) is 0.245. The summed E-state index contributed by atoms with van der Waals surface area (Å²) >= 11 is 0. The normalized spacial score (nSPS) is 19.8. The number of hydrogen-bond donors (Lipinski definition) is 2. The molecule has 1 aliphatic rings. The molecule has 0 bridgehead atoms. The van der Waals surface area contributed by atoms with Gasteiger partial charge in [-0.1, -0.05) is 0 Å². The molecule has 0 amide bonds. The molecule has 2 heterocycles. The number of aryl methyl sites for hydroxylation is 2. The summed E-state index contributed by atoms with van der Waals surface area (Å²) in [5, 5.41) is 6.75. The quantitative estimate of drug-likeness (QED) is 0.873. The lowest BCUT2D eigenvalue weighted by Crippen LogP contribution is -2.42. The minimum atomic E-state index is 0.245. The molecule has 1 saturated heterocycles. The fourth-order valence-corrected chi connectivity index (χ4v) is 2.41. The number of imidazole rings is 1. The van der Waals surface area contributed by atoms with Gasteiger partial charge in [-0.2, -0.15) is 0 Å². The molecule has 1 aromatic heterocycles. The van der Waals surface area contributed by atoms with E-state index in [1.807, 2.05) is 14.0 Å². The first kappa shape index (κ1) is 12.4. The predicted octanol–water partition coefficient (Wildman–Crippen LogP) is 1.28. The van der Waals surface area contributed by atoms with Crippen LogP contribution in [0.15, 0.2) is 18.2 Å². The minimum Gasteiger partial charge on any atom is -0.382 e. The van der Waals surface area contributed by atoms with Crippen molar-refractivity contribution in [1.82, 2.24) is 14.9 Å². The van der Waals surface area contributed by atoms with Crippen LogP contribution < -0.4 is 10.6 Å². The predicted molar refractivity (Wildman–Crippen MR) is 76.6 cm³/mol. The van der Waals surface area contributed by atoms with Gasteiger partial charge in [-0.25, -0.2) is 4.98 Å². The number of morpholine rings is 1. The number of nitrogens with zero attached hydrogens (tertiary/aromatic N) is 2. The molecule has 0 aliphatic carbocycles. The van der Waals surface area contributed by atoms with E-state index < -0.39 is 0 Å². The summed E-state index contributed by atoms with van der Waals surface area (Å²) in [5.41, 5.74) is 3.30. The van der Waals surface area contributed by atoms with Gasteiger partial charge in [-0.3, -0.25) is 0 Å². The third-order valence-electron chi connectivity index (χ3n) is 3.64. The highest BCUT2D eigenvalue weighted by Gasteiger charge is 2.13. The zero-order chi connectivity index (χ0) is 13.2. The Labute approximate surface area is 113 Å². The maximum atomic E-state index is 5.67. The molecule has 2 N–H and O–H groups in total. The topological polar surface area (TPSA) is 51.1 Å². The average molecular weight is 260 g/mol. The lowest BCUT2D eigenvalue weighted by atomic mass is 10.2. The first-order valence-electron chi connectivity index (χ1n) is 6.73. The van der Waals surface area contributed by atoms with E-state index in [1.165, 1.54) is 5.52 Å². The van der Waals surface area contributed by atoms with Crippen LogP contribution in [0.2, 0.25) is 0 Å². The summed E-state index contributed by atoms with van der Waals surface area (Å²) in [6.45, 7) is 5.51. The molecule has 5 nitrogen and oxygen atoms in total. The summed E-state index contributed by atoms with van der Waals surface area (Å²) in [6, 6.07) is 6.30. The van der Waals surface area contributed by atoms with Gasteiger partial charge in [0.25, 0.3) is 0 Å². The van der Waals surface area contributed by atoms with Gasteiger partial charge in [0, 0.05) is 32.4 Å². The van der Waals surface area contributed by atoms with Gasteiger partial charge in [0.2, 0.25) is 0 Å². The van der Waals surface area contributed by atoms with E-state index in [9.17, 15) is 0 Å². The Kier molecular flexibility index (Phi) is 3.40. The molecule has 19 heavy (non-hydrogen) atoms. The third kappa shape index (κ3) is 2.57. The molecule has 3 rings (SSSR count). The molecule has 0 radical (unpaired) electrons. The van der Waals surface area contributed by atoms with E-state index in [2.05, 4.69) is 38.4 Å². The van der Waals surface area contributed by atoms with Gasteiger partial charge in [0.1, 0.15) is 5.82 Å². The Bertz CT molecular complexity index is 572. The van der Waals surface area contributed by atoms with Crippen LogP contribution in [0.5, 0.6) is 0 Å². The van der Waals surface area contributed by atoms with E-state index in [0.29, 0.717) is 0 Å². The maximum Gasteiger partial charge on any atom is 0.106 e. The van der Waals surface area contributed by atoms with E-state index in [-0.39, 0.29) is 6.10 Å². The number of rotatable bonds is 3. The highest BCUT2D eigenvalue weighted by molar-refractivity contribution is 5.80. The lowest BCUT2D eigenvalue weighted by molar-refractivity contribution is 0.0372. The van der Waals surface area contributed by atoms with Crippen LogP contribution in [0.1, 0.15) is 5.82 Å². The fourth-order valence-electron chi connectivity index (χ4n) is 2.41.